The Morgan fingerprint density at radius 3 is 2.47 bits per heavy atom. The number of aromatic nitrogens is 2. The van der Waals surface area contributed by atoms with Gasteiger partial charge in [-0.05, 0) is 17.7 Å². The topological polar surface area (TPSA) is 86.3 Å². The number of nitrogens with zero attached hydrogens (tertiary/aromatic N) is 2. The molecule has 0 atom stereocenters. The molecule has 1 aromatic carbocycles. The molecule has 2 aromatic rings. The van der Waals surface area contributed by atoms with Gasteiger partial charge in [0.25, 0.3) is 5.91 Å². The minimum atomic E-state index is -1.04. The number of carboxylic acids is 1. The van der Waals surface area contributed by atoms with Gasteiger partial charge in [0.15, 0.2) is 0 Å². The van der Waals surface area contributed by atoms with Crippen LogP contribution in [0, 0.1) is 0 Å². The fraction of sp³-hybridized carbons (Fsp3) is 0.154. The number of carboxylic acid groups (broad SMARTS) is 1. The highest BCUT2D eigenvalue weighted by atomic mass is 16.4. The number of hydrogen-bond acceptors (Lipinski definition) is 3. The number of nitrogens with one attached hydrogen (secondary N) is 1. The molecule has 6 heteroatoms. The van der Waals surface area contributed by atoms with Crippen LogP contribution in [0.5, 0.6) is 0 Å². The molecule has 0 saturated heterocycles. The largest absolute Gasteiger partial charge is 0.480 e. The molecule has 98 valence electrons. The summed E-state index contributed by atoms with van der Waals surface area (Å²) in [5.74, 6) is -1.35. The zero-order valence-electron chi connectivity index (χ0n) is 10.3. The number of H-pyrrole nitrogens is 1. The lowest BCUT2D eigenvalue weighted by Crippen LogP contribution is -2.31. The number of aliphatic carboxylic acids is 1. The molecule has 1 aromatic heterocycles. The Bertz CT molecular complexity index is 576. The van der Waals surface area contributed by atoms with E-state index in [1.807, 2.05) is 0 Å². The summed E-state index contributed by atoms with van der Waals surface area (Å²) in [6, 6.07) is 6.94. The third-order valence-corrected chi connectivity index (χ3v) is 2.68. The number of rotatable bonds is 4. The summed E-state index contributed by atoms with van der Waals surface area (Å²) in [5, 5.41) is 15.2. The second kappa shape index (κ2) is 5.34. The van der Waals surface area contributed by atoms with E-state index in [0.29, 0.717) is 5.56 Å². The first-order valence-electron chi connectivity index (χ1n) is 5.64. The Kier molecular flexibility index (Phi) is 3.61. The summed E-state index contributed by atoms with van der Waals surface area (Å²) in [5.41, 5.74) is 2.32. The van der Waals surface area contributed by atoms with Crippen molar-refractivity contribution in [1.82, 2.24) is 15.1 Å². The molecule has 0 saturated carbocycles. The van der Waals surface area contributed by atoms with Crippen LogP contribution < -0.4 is 0 Å². The van der Waals surface area contributed by atoms with Crippen LogP contribution in [0.25, 0.3) is 11.1 Å². The van der Waals surface area contributed by atoms with Crippen molar-refractivity contribution >= 4 is 11.9 Å². The lowest BCUT2D eigenvalue weighted by molar-refractivity contribution is -0.137. The third-order valence-electron chi connectivity index (χ3n) is 2.68. The van der Waals surface area contributed by atoms with Crippen molar-refractivity contribution in [2.45, 2.75) is 0 Å². The molecule has 1 heterocycles. The van der Waals surface area contributed by atoms with Crippen LogP contribution in [-0.4, -0.2) is 45.7 Å². The van der Waals surface area contributed by atoms with Crippen LogP contribution in [-0.2, 0) is 4.79 Å². The maximum absolute atomic E-state index is 11.9. The molecule has 0 aliphatic heterocycles. The van der Waals surface area contributed by atoms with Crippen LogP contribution in [0.4, 0.5) is 0 Å². The van der Waals surface area contributed by atoms with Crippen LogP contribution in [0.3, 0.4) is 0 Å². The highest BCUT2D eigenvalue weighted by Gasteiger charge is 2.14. The molecular weight excluding hydrogens is 246 g/mol. The number of aromatic amines is 1. The van der Waals surface area contributed by atoms with E-state index < -0.39 is 5.97 Å². The second-order valence-electron chi connectivity index (χ2n) is 4.12. The van der Waals surface area contributed by atoms with E-state index in [9.17, 15) is 9.59 Å². The highest BCUT2D eigenvalue weighted by Crippen LogP contribution is 2.18. The van der Waals surface area contributed by atoms with Crippen molar-refractivity contribution in [3.05, 3.63) is 42.2 Å². The first-order valence-corrected chi connectivity index (χ1v) is 5.64. The molecule has 0 bridgehead atoms. The molecule has 0 radical (unpaired) electrons. The van der Waals surface area contributed by atoms with E-state index >= 15 is 0 Å². The summed E-state index contributed by atoms with van der Waals surface area (Å²) in [7, 11) is 1.46. The first kappa shape index (κ1) is 12.8. The minimum Gasteiger partial charge on any atom is -0.480 e. The number of likely N-dealkylation sites (N-methyl/N-ethyl adjacent to an activating group) is 1. The zero-order valence-corrected chi connectivity index (χ0v) is 10.3. The normalized spacial score (nSPS) is 10.2. The maximum atomic E-state index is 11.9. The van der Waals surface area contributed by atoms with Crippen LogP contribution in [0.1, 0.15) is 10.4 Å². The van der Waals surface area contributed by atoms with Crippen LogP contribution in [0.15, 0.2) is 36.7 Å². The molecule has 0 aliphatic rings. The van der Waals surface area contributed by atoms with Gasteiger partial charge in [0.2, 0.25) is 0 Å². The van der Waals surface area contributed by atoms with E-state index in [0.717, 1.165) is 16.0 Å². The number of amides is 1. The van der Waals surface area contributed by atoms with Gasteiger partial charge >= 0.3 is 5.97 Å². The van der Waals surface area contributed by atoms with Gasteiger partial charge in [0, 0.05) is 24.4 Å². The van der Waals surface area contributed by atoms with Crippen molar-refractivity contribution in [3.63, 3.8) is 0 Å². The molecule has 6 nitrogen and oxygen atoms in total. The Morgan fingerprint density at radius 1 is 1.26 bits per heavy atom. The summed E-state index contributed by atoms with van der Waals surface area (Å²) < 4.78 is 0. The quantitative estimate of drug-likeness (QED) is 0.864. The van der Waals surface area contributed by atoms with E-state index in [-0.39, 0.29) is 12.5 Å². The number of benzene rings is 1. The molecular formula is C13H13N3O3. The van der Waals surface area contributed by atoms with Crippen LogP contribution >= 0.6 is 0 Å². The highest BCUT2D eigenvalue weighted by molar-refractivity contribution is 5.96. The van der Waals surface area contributed by atoms with Gasteiger partial charge in [-0.15, -0.1) is 0 Å². The van der Waals surface area contributed by atoms with Crippen molar-refractivity contribution < 1.29 is 14.7 Å². The van der Waals surface area contributed by atoms with Gasteiger partial charge in [0.05, 0.1) is 6.20 Å². The van der Waals surface area contributed by atoms with E-state index in [1.54, 1.807) is 36.7 Å². The minimum absolute atomic E-state index is 0.317. The fourth-order valence-corrected chi connectivity index (χ4v) is 1.71. The Morgan fingerprint density at radius 2 is 1.95 bits per heavy atom. The molecule has 2 rings (SSSR count). The lowest BCUT2D eigenvalue weighted by Gasteiger charge is -2.14. The van der Waals surface area contributed by atoms with Crippen molar-refractivity contribution in [1.29, 1.82) is 0 Å². The molecule has 0 aliphatic carbocycles. The first-order chi connectivity index (χ1) is 9.08. The van der Waals surface area contributed by atoms with E-state index in [2.05, 4.69) is 10.2 Å². The molecule has 1 amide bonds. The Balaban J connectivity index is 2.14. The number of hydrogen-bond donors (Lipinski definition) is 2. The standard InChI is InChI=1S/C13H13N3O3/c1-16(8-12(17)18)13(19)10-4-2-9(3-5-10)11-6-14-15-7-11/h2-7H,8H2,1H3,(H,14,15)(H,17,18). The average molecular weight is 259 g/mol. The van der Waals surface area contributed by atoms with Crippen molar-refractivity contribution in [2.75, 3.05) is 13.6 Å². The zero-order chi connectivity index (χ0) is 13.8. The Labute approximate surface area is 109 Å². The maximum Gasteiger partial charge on any atom is 0.323 e. The summed E-state index contributed by atoms with van der Waals surface area (Å²) in [6.45, 7) is -0.317. The smallest absolute Gasteiger partial charge is 0.323 e. The van der Waals surface area contributed by atoms with Gasteiger partial charge < -0.3 is 10.0 Å². The molecule has 0 unspecified atom stereocenters. The number of carbonyl (C=O) groups excluding carboxylic acids is 1. The lowest BCUT2D eigenvalue weighted by atomic mass is 10.1. The monoisotopic (exact) mass is 259 g/mol. The summed E-state index contributed by atoms with van der Waals surface area (Å²) in [6.07, 6.45) is 3.45. The second-order valence-corrected chi connectivity index (χ2v) is 4.12. The van der Waals surface area contributed by atoms with Gasteiger partial charge in [-0.25, -0.2) is 0 Å². The summed E-state index contributed by atoms with van der Waals surface area (Å²) in [4.78, 5) is 23.6. The third kappa shape index (κ3) is 2.98. The summed E-state index contributed by atoms with van der Waals surface area (Å²) >= 11 is 0. The SMILES string of the molecule is CN(CC(=O)O)C(=O)c1ccc(-c2cn[nH]c2)cc1. The predicted octanol–water partition coefficient (Wildman–Crippen LogP) is 1.23. The molecule has 19 heavy (non-hydrogen) atoms. The van der Waals surface area contributed by atoms with E-state index in [4.69, 9.17) is 5.11 Å². The van der Waals surface area contributed by atoms with Crippen molar-refractivity contribution in [2.24, 2.45) is 0 Å². The molecule has 2 N–H and O–H groups in total. The number of carbonyl (C=O) groups is 2. The van der Waals surface area contributed by atoms with Gasteiger partial charge in [0.1, 0.15) is 6.54 Å². The molecule has 0 fully saturated rings. The predicted molar refractivity (Wildman–Crippen MR) is 68.6 cm³/mol. The average Bonchev–Trinajstić information content (AvgIpc) is 2.91. The van der Waals surface area contributed by atoms with Crippen molar-refractivity contribution in [3.8, 4) is 11.1 Å². The fourth-order valence-electron chi connectivity index (χ4n) is 1.71. The van der Waals surface area contributed by atoms with Gasteiger partial charge in [-0.3, -0.25) is 14.7 Å². The van der Waals surface area contributed by atoms with Gasteiger partial charge in [-0.2, -0.15) is 5.10 Å². The Hall–Kier alpha value is -2.63. The van der Waals surface area contributed by atoms with E-state index in [1.165, 1.54) is 7.05 Å². The van der Waals surface area contributed by atoms with Crippen LogP contribution in [0.2, 0.25) is 0 Å². The van der Waals surface area contributed by atoms with Gasteiger partial charge in [-0.1, -0.05) is 12.1 Å². The molecule has 0 spiro atoms.